The minimum Gasteiger partial charge on any atom is -0.480 e. The number of amides is 4. The fourth-order valence-electron chi connectivity index (χ4n) is 2.64. The molecule has 0 spiro atoms. The van der Waals surface area contributed by atoms with Crippen LogP contribution in [0, 0.1) is 11.8 Å². The lowest BCUT2D eigenvalue weighted by Gasteiger charge is -2.26. The van der Waals surface area contributed by atoms with Crippen molar-refractivity contribution in [2.45, 2.75) is 71.1 Å². The molecule has 178 valence electrons. The summed E-state index contributed by atoms with van der Waals surface area (Å²) in [4.78, 5) is 59.4. The van der Waals surface area contributed by atoms with Gasteiger partial charge in [-0.2, -0.15) is 0 Å². The van der Waals surface area contributed by atoms with Crippen molar-refractivity contribution in [1.29, 1.82) is 0 Å². The van der Waals surface area contributed by atoms with E-state index in [2.05, 4.69) is 16.0 Å². The monoisotopic (exact) mass is 445 g/mol. The van der Waals surface area contributed by atoms with Crippen molar-refractivity contribution in [3.63, 3.8) is 0 Å². The fourth-order valence-corrected chi connectivity index (χ4v) is 2.64. The van der Waals surface area contributed by atoms with Crippen LogP contribution in [0.15, 0.2) is 0 Å². The van der Waals surface area contributed by atoms with Crippen LogP contribution >= 0.6 is 0 Å². The second kappa shape index (κ2) is 13.5. The molecule has 9 N–H and O–H groups in total. The van der Waals surface area contributed by atoms with Crippen molar-refractivity contribution in [2.24, 2.45) is 23.3 Å². The number of aliphatic hydroxyl groups is 1. The molecule has 12 nitrogen and oxygen atoms in total. The zero-order valence-electron chi connectivity index (χ0n) is 18.4. The molecule has 0 aliphatic carbocycles. The highest BCUT2D eigenvalue weighted by Crippen LogP contribution is 2.07. The van der Waals surface area contributed by atoms with Gasteiger partial charge in [-0.3, -0.25) is 19.2 Å². The Morgan fingerprint density at radius 1 is 0.871 bits per heavy atom. The van der Waals surface area contributed by atoms with E-state index in [0.717, 1.165) is 0 Å². The van der Waals surface area contributed by atoms with E-state index in [1.54, 1.807) is 27.7 Å². The number of aliphatic hydroxyl groups excluding tert-OH is 1. The first kappa shape index (κ1) is 28.3. The Bertz CT molecular complexity index is 654. The van der Waals surface area contributed by atoms with Gasteiger partial charge in [0.05, 0.1) is 12.6 Å². The number of nitrogens with two attached hydrogens (primary N) is 2. The molecule has 4 amide bonds. The van der Waals surface area contributed by atoms with Crippen molar-refractivity contribution in [2.75, 3.05) is 6.61 Å². The van der Waals surface area contributed by atoms with E-state index < -0.39 is 66.3 Å². The zero-order chi connectivity index (χ0) is 24.3. The lowest BCUT2D eigenvalue weighted by atomic mass is 10.0. The van der Waals surface area contributed by atoms with Crippen LogP contribution in [0.25, 0.3) is 0 Å². The zero-order valence-corrected chi connectivity index (χ0v) is 18.4. The lowest BCUT2D eigenvalue weighted by Crippen LogP contribution is -2.59. The van der Waals surface area contributed by atoms with Gasteiger partial charge in [-0.15, -0.1) is 0 Å². The van der Waals surface area contributed by atoms with Crippen LogP contribution in [0.2, 0.25) is 0 Å². The van der Waals surface area contributed by atoms with Gasteiger partial charge in [0.2, 0.25) is 23.6 Å². The average Bonchev–Trinajstić information content (AvgIpc) is 2.66. The summed E-state index contributed by atoms with van der Waals surface area (Å²) in [6, 6.07) is -4.74. The number of nitrogens with one attached hydrogen (secondary N) is 3. The molecule has 0 heterocycles. The van der Waals surface area contributed by atoms with Crippen LogP contribution in [0.4, 0.5) is 0 Å². The predicted octanol–water partition coefficient (Wildman–Crippen LogP) is -2.19. The Kier molecular flexibility index (Phi) is 12.4. The Hall–Kier alpha value is -2.73. The smallest absolute Gasteiger partial charge is 0.326 e. The van der Waals surface area contributed by atoms with Gasteiger partial charge in [0, 0.05) is 6.42 Å². The average molecular weight is 446 g/mol. The van der Waals surface area contributed by atoms with Crippen LogP contribution < -0.4 is 27.4 Å². The van der Waals surface area contributed by atoms with E-state index in [9.17, 15) is 34.2 Å². The van der Waals surface area contributed by atoms with Gasteiger partial charge in [-0.05, 0) is 24.7 Å². The third-order valence-corrected chi connectivity index (χ3v) is 4.42. The first-order chi connectivity index (χ1) is 14.3. The number of carbonyl (C=O) groups is 5. The van der Waals surface area contributed by atoms with Gasteiger partial charge in [-0.1, -0.05) is 27.7 Å². The van der Waals surface area contributed by atoms with Crippen LogP contribution in [0.1, 0.15) is 47.0 Å². The third-order valence-electron chi connectivity index (χ3n) is 4.42. The number of hydrogen-bond acceptors (Lipinski definition) is 7. The summed E-state index contributed by atoms with van der Waals surface area (Å²) in [7, 11) is 0. The third kappa shape index (κ3) is 10.7. The van der Waals surface area contributed by atoms with Crippen LogP contribution in [0.5, 0.6) is 0 Å². The van der Waals surface area contributed by atoms with Crippen molar-refractivity contribution < 1.29 is 34.2 Å². The SMILES string of the molecule is CC(C)CC(NC(=O)C(CO)NC(=O)C(NC(=O)C(N)CCC(N)=O)C(C)C)C(=O)O. The number of rotatable bonds is 14. The predicted molar refractivity (Wildman–Crippen MR) is 111 cm³/mol. The minimum atomic E-state index is -1.41. The molecule has 4 unspecified atom stereocenters. The molecule has 0 saturated carbocycles. The summed E-state index contributed by atoms with van der Waals surface area (Å²) in [5.41, 5.74) is 10.7. The topological polar surface area (TPSA) is 214 Å². The Morgan fingerprint density at radius 3 is 1.84 bits per heavy atom. The Balaban J connectivity index is 5.13. The molecule has 0 aromatic rings. The highest BCUT2D eigenvalue weighted by molar-refractivity contribution is 5.94. The summed E-state index contributed by atoms with van der Waals surface area (Å²) in [6.07, 6.45) is 0.0732. The van der Waals surface area contributed by atoms with E-state index in [1.807, 2.05) is 0 Å². The van der Waals surface area contributed by atoms with Crippen LogP contribution in [-0.2, 0) is 24.0 Å². The summed E-state index contributed by atoms with van der Waals surface area (Å²) < 4.78 is 0. The van der Waals surface area contributed by atoms with Crippen molar-refractivity contribution in [1.82, 2.24) is 16.0 Å². The molecule has 0 fully saturated rings. The molecule has 0 aromatic carbocycles. The summed E-state index contributed by atoms with van der Waals surface area (Å²) >= 11 is 0. The van der Waals surface area contributed by atoms with Gasteiger partial charge in [0.25, 0.3) is 0 Å². The van der Waals surface area contributed by atoms with Gasteiger partial charge in [0.15, 0.2) is 0 Å². The van der Waals surface area contributed by atoms with E-state index in [-0.39, 0.29) is 25.2 Å². The number of primary amides is 1. The van der Waals surface area contributed by atoms with Crippen LogP contribution in [-0.4, -0.2) is 70.6 Å². The summed E-state index contributed by atoms with van der Waals surface area (Å²) in [6.45, 7) is 6.10. The van der Waals surface area contributed by atoms with Crippen LogP contribution in [0.3, 0.4) is 0 Å². The molecule has 0 rings (SSSR count). The Labute approximate surface area is 181 Å². The second-order valence-corrected chi connectivity index (χ2v) is 8.11. The number of carboxylic acids is 1. The normalized spacial score (nSPS) is 15.0. The molecule has 4 atom stereocenters. The molecule has 0 bridgehead atoms. The maximum atomic E-state index is 12.6. The highest BCUT2D eigenvalue weighted by Gasteiger charge is 2.31. The van der Waals surface area contributed by atoms with E-state index in [1.165, 1.54) is 0 Å². The standard InChI is InChI=1S/C19H35N5O7/c1-9(2)7-12(19(30)31)22-17(28)13(8-25)23-18(29)15(10(3)4)24-16(27)11(20)5-6-14(21)26/h9-13,15,25H,5-8,20H2,1-4H3,(H2,21,26)(H,22,28)(H,23,29)(H,24,27)(H,30,31). The van der Waals surface area contributed by atoms with Gasteiger partial charge in [-0.25, -0.2) is 4.79 Å². The molecule has 12 heteroatoms. The number of aliphatic carboxylic acids is 1. The molecule has 0 aromatic heterocycles. The molecule has 0 saturated heterocycles. The van der Waals surface area contributed by atoms with Gasteiger partial charge < -0.3 is 37.6 Å². The molecular weight excluding hydrogens is 410 g/mol. The van der Waals surface area contributed by atoms with Crippen molar-refractivity contribution in [3.05, 3.63) is 0 Å². The molecule has 0 radical (unpaired) electrons. The number of carboxylic acid groups (broad SMARTS) is 1. The Morgan fingerprint density at radius 2 is 1.42 bits per heavy atom. The lowest BCUT2D eigenvalue weighted by molar-refractivity contribution is -0.143. The van der Waals surface area contributed by atoms with Gasteiger partial charge >= 0.3 is 5.97 Å². The number of hydrogen-bond donors (Lipinski definition) is 7. The molecule has 31 heavy (non-hydrogen) atoms. The van der Waals surface area contributed by atoms with Gasteiger partial charge in [0.1, 0.15) is 18.1 Å². The van der Waals surface area contributed by atoms with E-state index in [0.29, 0.717) is 0 Å². The summed E-state index contributed by atoms with van der Waals surface area (Å²) in [5, 5.41) is 25.8. The first-order valence-corrected chi connectivity index (χ1v) is 10.1. The molecular formula is C19H35N5O7. The molecule has 0 aliphatic rings. The van der Waals surface area contributed by atoms with E-state index in [4.69, 9.17) is 11.5 Å². The maximum absolute atomic E-state index is 12.6. The molecule has 0 aliphatic heterocycles. The maximum Gasteiger partial charge on any atom is 0.326 e. The summed E-state index contributed by atoms with van der Waals surface area (Å²) in [5.74, 6) is -4.56. The van der Waals surface area contributed by atoms with Crippen molar-refractivity contribution >= 4 is 29.6 Å². The fraction of sp³-hybridized carbons (Fsp3) is 0.737. The highest BCUT2D eigenvalue weighted by atomic mass is 16.4. The van der Waals surface area contributed by atoms with Crippen molar-refractivity contribution in [3.8, 4) is 0 Å². The van der Waals surface area contributed by atoms with E-state index >= 15 is 0 Å². The quantitative estimate of drug-likeness (QED) is 0.155. The first-order valence-electron chi connectivity index (χ1n) is 10.1. The second-order valence-electron chi connectivity index (χ2n) is 8.11. The number of carbonyl (C=O) groups excluding carboxylic acids is 4. The largest absolute Gasteiger partial charge is 0.480 e. The minimum absolute atomic E-state index is 0.00169.